The van der Waals surface area contributed by atoms with Gasteiger partial charge in [-0.05, 0) is 6.42 Å². The summed E-state index contributed by atoms with van der Waals surface area (Å²) < 4.78 is 0. The van der Waals surface area contributed by atoms with Crippen LogP contribution in [0.4, 0.5) is 0 Å². The number of carbonyl (C=O) groups excluding carboxylic acids is 4. The van der Waals surface area contributed by atoms with Crippen molar-refractivity contribution in [1.82, 2.24) is 35.9 Å². The number of nitrogens with one attached hydrogen (secondary N) is 5. The molecule has 16 heteroatoms. The largest absolute Gasteiger partial charge is 0.480 e. The van der Waals surface area contributed by atoms with Crippen LogP contribution < -0.4 is 27.4 Å². The highest BCUT2D eigenvalue weighted by Gasteiger charge is 2.31. The van der Waals surface area contributed by atoms with E-state index in [0.29, 0.717) is 11.4 Å². The van der Waals surface area contributed by atoms with E-state index in [1.54, 1.807) is 0 Å². The molecule has 4 unspecified atom stereocenters. The first kappa shape index (κ1) is 27.9. The molecule has 2 rings (SSSR count). The van der Waals surface area contributed by atoms with E-state index in [0.717, 1.165) is 0 Å². The second kappa shape index (κ2) is 13.5. The van der Waals surface area contributed by atoms with Crippen molar-refractivity contribution in [1.29, 1.82) is 0 Å². The number of hydrogen-bond acceptors (Lipinski definition) is 9. The molecule has 4 atom stereocenters. The molecule has 0 fully saturated rings. The number of carbonyl (C=O) groups is 5. The SMILES string of the molecule is NC(=O)CCC(NC(=O)C(N)CO)C(=O)NC(Cc1cnc[nH]1)C(=O)NC(Cc1cnc[nH]1)C(=O)O. The number of nitrogens with zero attached hydrogens (tertiary/aromatic N) is 2. The molecular weight excluding hydrogens is 478 g/mol. The number of aliphatic carboxylic acids is 1. The second-order valence-corrected chi connectivity index (χ2v) is 7.88. The van der Waals surface area contributed by atoms with Crippen molar-refractivity contribution in [2.75, 3.05) is 6.61 Å². The number of hydrogen-bond donors (Lipinski definition) is 9. The number of H-pyrrole nitrogens is 2. The molecule has 0 radical (unpaired) electrons. The van der Waals surface area contributed by atoms with Crippen LogP contribution in [0.25, 0.3) is 0 Å². The van der Waals surface area contributed by atoms with Crippen LogP contribution in [0, 0.1) is 0 Å². The lowest BCUT2D eigenvalue weighted by atomic mass is 10.1. The Morgan fingerprint density at radius 3 is 1.83 bits per heavy atom. The van der Waals surface area contributed by atoms with Crippen LogP contribution in [-0.4, -0.2) is 90.5 Å². The number of aromatic nitrogens is 4. The highest BCUT2D eigenvalue weighted by molar-refractivity contribution is 5.94. The van der Waals surface area contributed by atoms with E-state index in [1.165, 1.54) is 25.0 Å². The minimum atomic E-state index is -1.34. The third kappa shape index (κ3) is 8.80. The van der Waals surface area contributed by atoms with Gasteiger partial charge in [-0.1, -0.05) is 0 Å². The fourth-order valence-electron chi connectivity index (χ4n) is 3.10. The third-order valence-corrected chi connectivity index (χ3v) is 5.05. The monoisotopic (exact) mass is 507 g/mol. The van der Waals surface area contributed by atoms with E-state index in [2.05, 4.69) is 35.9 Å². The maximum Gasteiger partial charge on any atom is 0.326 e. The Morgan fingerprint density at radius 1 is 0.861 bits per heavy atom. The summed E-state index contributed by atoms with van der Waals surface area (Å²) in [5, 5.41) is 25.8. The molecule has 11 N–H and O–H groups in total. The zero-order chi connectivity index (χ0) is 26.7. The summed E-state index contributed by atoms with van der Waals surface area (Å²) >= 11 is 0. The quantitative estimate of drug-likeness (QED) is 0.113. The highest BCUT2D eigenvalue weighted by Crippen LogP contribution is 2.05. The molecule has 2 heterocycles. The topological polar surface area (TPSA) is 271 Å². The molecule has 0 saturated heterocycles. The van der Waals surface area contributed by atoms with E-state index in [9.17, 15) is 29.1 Å². The Labute approximate surface area is 204 Å². The van der Waals surface area contributed by atoms with Crippen molar-refractivity contribution in [2.24, 2.45) is 11.5 Å². The van der Waals surface area contributed by atoms with E-state index >= 15 is 0 Å². The Balaban J connectivity index is 2.20. The zero-order valence-electron chi connectivity index (χ0n) is 19.1. The van der Waals surface area contributed by atoms with Crippen molar-refractivity contribution < 1.29 is 34.2 Å². The lowest BCUT2D eigenvalue weighted by Crippen LogP contribution is -2.58. The van der Waals surface area contributed by atoms with Gasteiger partial charge < -0.3 is 47.6 Å². The Hall–Kier alpha value is -4.31. The molecular formula is C20H29N9O7. The molecule has 0 aliphatic heterocycles. The number of imidazole rings is 2. The van der Waals surface area contributed by atoms with Gasteiger partial charge in [0.25, 0.3) is 0 Å². The van der Waals surface area contributed by atoms with E-state index in [-0.39, 0.29) is 25.7 Å². The molecule has 0 bridgehead atoms. The van der Waals surface area contributed by atoms with Crippen LogP contribution in [0.3, 0.4) is 0 Å². The molecule has 0 saturated carbocycles. The van der Waals surface area contributed by atoms with Gasteiger partial charge in [-0.2, -0.15) is 0 Å². The molecule has 36 heavy (non-hydrogen) atoms. The van der Waals surface area contributed by atoms with Crippen LogP contribution in [0.1, 0.15) is 24.2 Å². The predicted octanol–water partition coefficient (Wildman–Crippen LogP) is -3.96. The van der Waals surface area contributed by atoms with Gasteiger partial charge in [-0.3, -0.25) is 19.2 Å². The Morgan fingerprint density at radius 2 is 1.36 bits per heavy atom. The van der Waals surface area contributed by atoms with Crippen LogP contribution in [-0.2, 0) is 36.8 Å². The van der Waals surface area contributed by atoms with Crippen molar-refractivity contribution in [3.63, 3.8) is 0 Å². The van der Waals surface area contributed by atoms with Crippen LogP contribution in [0.5, 0.6) is 0 Å². The number of aliphatic hydroxyl groups excluding tert-OH is 1. The molecule has 2 aromatic heterocycles. The van der Waals surface area contributed by atoms with Crippen molar-refractivity contribution in [3.05, 3.63) is 36.4 Å². The van der Waals surface area contributed by atoms with E-state index in [4.69, 9.17) is 16.6 Å². The summed E-state index contributed by atoms with van der Waals surface area (Å²) in [6.07, 6.45) is 4.88. The summed E-state index contributed by atoms with van der Waals surface area (Å²) in [6.45, 7) is -0.687. The third-order valence-electron chi connectivity index (χ3n) is 5.05. The number of carboxylic acid groups (broad SMARTS) is 1. The average Bonchev–Trinajstić information content (AvgIpc) is 3.54. The summed E-state index contributed by atoms with van der Waals surface area (Å²) in [7, 11) is 0. The van der Waals surface area contributed by atoms with E-state index < -0.39 is 60.4 Å². The first-order valence-electron chi connectivity index (χ1n) is 10.8. The van der Waals surface area contributed by atoms with Crippen LogP contribution in [0.15, 0.2) is 25.0 Å². The van der Waals surface area contributed by atoms with Crippen LogP contribution in [0.2, 0.25) is 0 Å². The first-order valence-corrected chi connectivity index (χ1v) is 10.8. The minimum Gasteiger partial charge on any atom is -0.480 e. The lowest BCUT2D eigenvalue weighted by Gasteiger charge is -2.24. The molecule has 16 nitrogen and oxygen atoms in total. The fourth-order valence-corrected chi connectivity index (χ4v) is 3.10. The number of amides is 4. The van der Waals surface area contributed by atoms with Gasteiger partial charge in [0, 0.05) is 43.0 Å². The molecule has 0 aliphatic carbocycles. The summed E-state index contributed by atoms with van der Waals surface area (Å²) in [4.78, 5) is 74.3. The number of aliphatic hydroxyl groups is 1. The summed E-state index contributed by atoms with van der Waals surface area (Å²) in [5.41, 5.74) is 11.5. The molecule has 2 aromatic rings. The number of rotatable bonds is 15. The zero-order valence-corrected chi connectivity index (χ0v) is 19.1. The van der Waals surface area contributed by atoms with Gasteiger partial charge >= 0.3 is 5.97 Å². The van der Waals surface area contributed by atoms with Crippen molar-refractivity contribution in [3.8, 4) is 0 Å². The molecule has 0 spiro atoms. The number of primary amides is 1. The highest BCUT2D eigenvalue weighted by atomic mass is 16.4. The number of nitrogens with two attached hydrogens (primary N) is 2. The maximum absolute atomic E-state index is 13.0. The fraction of sp³-hybridized carbons (Fsp3) is 0.450. The van der Waals surface area contributed by atoms with Crippen LogP contribution >= 0.6 is 0 Å². The molecule has 0 aromatic carbocycles. The average molecular weight is 508 g/mol. The minimum absolute atomic E-state index is 0.0951. The molecule has 4 amide bonds. The standard InChI is InChI=1S/C20H29N9O7/c21-12(7-30)17(32)27-13(1-2-16(22)31)18(33)28-14(3-10-5-23-8-25-10)19(34)29-15(20(35)36)4-11-6-24-9-26-11/h5-6,8-9,12-15,30H,1-4,7,21H2,(H2,22,31)(H,23,25)(H,24,26)(H,27,32)(H,28,33)(H,29,34)(H,35,36). The van der Waals surface area contributed by atoms with Gasteiger partial charge in [0.15, 0.2) is 0 Å². The van der Waals surface area contributed by atoms with E-state index in [1.807, 2.05) is 0 Å². The lowest BCUT2D eigenvalue weighted by molar-refractivity contribution is -0.142. The van der Waals surface area contributed by atoms with Crippen molar-refractivity contribution >= 4 is 29.6 Å². The van der Waals surface area contributed by atoms with Gasteiger partial charge in [-0.15, -0.1) is 0 Å². The maximum atomic E-state index is 13.0. The molecule has 196 valence electrons. The van der Waals surface area contributed by atoms with Crippen molar-refractivity contribution in [2.45, 2.75) is 49.9 Å². The molecule has 0 aliphatic rings. The van der Waals surface area contributed by atoms with Gasteiger partial charge in [0.1, 0.15) is 24.2 Å². The summed E-state index contributed by atoms with van der Waals surface area (Å²) in [5.74, 6) is -4.58. The Bertz CT molecular complexity index is 1030. The van der Waals surface area contributed by atoms with Gasteiger partial charge in [-0.25, -0.2) is 14.8 Å². The second-order valence-electron chi connectivity index (χ2n) is 7.88. The van der Waals surface area contributed by atoms with Gasteiger partial charge in [0.05, 0.1) is 19.3 Å². The predicted molar refractivity (Wildman–Crippen MR) is 122 cm³/mol. The number of aromatic amines is 2. The first-order chi connectivity index (χ1) is 17.1. The normalized spacial score (nSPS) is 14.2. The van der Waals surface area contributed by atoms with Gasteiger partial charge in [0.2, 0.25) is 23.6 Å². The summed E-state index contributed by atoms with van der Waals surface area (Å²) in [6, 6.07) is -5.27. The number of carboxylic acids is 1. The Kier molecular flexibility index (Phi) is 10.5. The smallest absolute Gasteiger partial charge is 0.326 e.